The molecule has 0 aliphatic carbocycles. The molecule has 0 saturated carbocycles. The summed E-state index contributed by atoms with van der Waals surface area (Å²) in [6.07, 6.45) is 0.250. The van der Waals surface area contributed by atoms with E-state index in [-0.39, 0.29) is 17.1 Å². The summed E-state index contributed by atoms with van der Waals surface area (Å²) in [6.45, 7) is 6.68. The van der Waals surface area contributed by atoms with Crippen molar-refractivity contribution in [2.24, 2.45) is 0 Å². The van der Waals surface area contributed by atoms with Crippen molar-refractivity contribution >= 4 is 34.6 Å². The van der Waals surface area contributed by atoms with Gasteiger partial charge < -0.3 is 9.88 Å². The molecule has 0 unspecified atom stereocenters. The van der Waals surface area contributed by atoms with Crippen LogP contribution >= 0.6 is 11.6 Å². The van der Waals surface area contributed by atoms with E-state index >= 15 is 0 Å². The fourth-order valence-corrected chi connectivity index (χ4v) is 5.01. The zero-order chi connectivity index (χ0) is 28.8. The van der Waals surface area contributed by atoms with Gasteiger partial charge in [-0.05, 0) is 67.3 Å². The van der Waals surface area contributed by atoms with Crippen LogP contribution in [0.1, 0.15) is 45.7 Å². The van der Waals surface area contributed by atoms with Crippen molar-refractivity contribution in [2.45, 2.75) is 33.4 Å². The Bertz CT molecular complexity index is 1690. The maximum Gasteiger partial charge on any atom is 0.373 e. The van der Waals surface area contributed by atoms with Crippen molar-refractivity contribution in [3.63, 3.8) is 0 Å². The summed E-state index contributed by atoms with van der Waals surface area (Å²) >= 11 is 5.92. The van der Waals surface area contributed by atoms with E-state index in [1.165, 1.54) is 22.8 Å². The summed E-state index contributed by atoms with van der Waals surface area (Å²) < 4.78 is 16.7. The van der Waals surface area contributed by atoms with Gasteiger partial charge in [-0.2, -0.15) is 9.59 Å². The molecule has 0 bridgehead atoms. The molecule has 0 spiro atoms. The van der Waals surface area contributed by atoms with E-state index in [1.54, 1.807) is 19.1 Å². The lowest BCUT2D eigenvalue weighted by Crippen LogP contribution is -2.27. The highest BCUT2D eigenvalue weighted by molar-refractivity contribution is 6.30. The molecule has 40 heavy (non-hydrogen) atoms. The topological polar surface area (TPSA) is 68.2 Å². The number of amides is 1. The first-order valence-corrected chi connectivity index (χ1v) is 13.1. The number of aromatic nitrogens is 1. The van der Waals surface area contributed by atoms with E-state index in [9.17, 15) is 9.18 Å². The van der Waals surface area contributed by atoms with Crippen LogP contribution < -0.4 is 5.32 Å². The standard InChI is InChI=1S/C32H28ClFN2O.CO2/c1-20-22(3)36(19-23-12-14-25(15-13-23)24-8-5-4-6-9-24)30-17-16-26(18-28(20)30)32(37)35-21(2)27-10-7-11-29(33)31(27)34;2-1-3/h4-18,21H,19H2,1-3H3,(H,35,37);/t21-;/m0./s1. The molecule has 5 nitrogen and oxygen atoms in total. The van der Waals surface area contributed by atoms with Gasteiger partial charge in [0.05, 0.1) is 11.1 Å². The highest BCUT2D eigenvalue weighted by Gasteiger charge is 2.18. The van der Waals surface area contributed by atoms with Gasteiger partial charge in [0.25, 0.3) is 5.91 Å². The molecule has 1 aromatic heterocycles. The number of rotatable bonds is 6. The van der Waals surface area contributed by atoms with Gasteiger partial charge >= 0.3 is 6.15 Å². The monoisotopic (exact) mass is 554 g/mol. The van der Waals surface area contributed by atoms with Gasteiger partial charge in [0, 0.05) is 34.3 Å². The minimum absolute atomic E-state index is 0.0437. The van der Waals surface area contributed by atoms with Crippen molar-refractivity contribution in [3.05, 3.63) is 130 Å². The number of hydrogen-bond donors (Lipinski definition) is 1. The molecule has 0 saturated heterocycles. The summed E-state index contributed by atoms with van der Waals surface area (Å²) in [5.41, 5.74) is 7.87. The summed E-state index contributed by atoms with van der Waals surface area (Å²) in [6, 6.07) is 29.0. The van der Waals surface area contributed by atoms with Crippen LogP contribution in [0.5, 0.6) is 0 Å². The number of hydrogen-bond acceptors (Lipinski definition) is 3. The smallest absolute Gasteiger partial charge is 0.345 e. The van der Waals surface area contributed by atoms with Crippen LogP contribution in [0, 0.1) is 19.7 Å². The van der Waals surface area contributed by atoms with Gasteiger partial charge in [-0.3, -0.25) is 4.79 Å². The van der Waals surface area contributed by atoms with Gasteiger partial charge in [0.1, 0.15) is 5.82 Å². The van der Waals surface area contributed by atoms with E-state index in [0.717, 1.165) is 28.7 Å². The average Bonchev–Trinajstić information content (AvgIpc) is 3.20. The molecule has 1 heterocycles. The maximum absolute atomic E-state index is 14.4. The molecule has 5 rings (SSSR count). The third-order valence-corrected chi connectivity index (χ3v) is 7.39. The van der Waals surface area contributed by atoms with Gasteiger partial charge in [-0.1, -0.05) is 78.3 Å². The summed E-state index contributed by atoms with van der Waals surface area (Å²) in [5.74, 6) is -0.761. The van der Waals surface area contributed by atoms with Crippen LogP contribution in [-0.2, 0) is 16.1 Å². The number of benzene rings is 4. The molecule has 0 fully saturated rings. The predicted octanol–water partition coefficient (Wildman–Crippen LogP) is 7.67. The Balaban J connectivity index is 0.00000118. The van der Waals surface area contributed by atoms with E-state index in [4.69, 9.17) is 21.2 Å². The Hall–Kier alpha value is -4.51. The number of nitrogens with zero attached hydrogens (tertiary/aromatic N) is 1. The number of aryl methyl sites for hydroxylation is 1. The van der Waals surface area contributed by atoms with E-state index in [0.29, 0.717) is 11.1 Å². The third kappa shape index (κ3) is 6.04. The predicted molar refractivity (Wildman–Crippen MR) is 155 cm³/mol. The van der Waals surface area contributed by atoms with Crippen LogP contribution in [0.4, 0.5) is 4.39 Å². The Morgan fingerprint density at radius 2 is 1.57 bits per heavy atom. The Morgan fingerprint density at radius 3 is 2.25 bits per heavy atom. The lowest BCUT2D eigenvalue weighted by molar-refractivity contribution is -0.191. The fraction of sp³-hybridized carbons (Fsp3) is 0.152. The van der Waals surface area contributed by atoms with Crippen molar-refractivity contribution in [2.75, 3.05) is 0 Å². The maximum atomic E-state index is 14.4. The Kier molecular flexibility index (Phi) is 8.95. The van der Waals surface area contributed by atoms with Crippen LogP contribution in [-0.4, -0.2) is 16.6 Å². The average molecular weight is 555 g/mol. The highest BCUT2D eigenvalue weighted by atomic mass is 35.5. The second-order valence-corrected chi connectivity index (χ2v) is 9.92. The summed E-state index contributed by atoms with van der Waals surface area (Å²) in [5, 5.41) is 3.98. The fourth-order valence-electron chi connectivity index (χ4n) is 4.82. The van der Waals surface area contributed by atoms with Gasteiger partial charge in [0.15, 0.2) is 0 Å². The van der Waals surface area contributed by atoms with E-state index in [2.05, 4.69) is 60.1 Å². The lowest BCUT2D eigenvalue weighted by atomic mass is 10.0. The van der Waals surface area contributed by atoms with Crippen LogP contribution in [0.2, 0.25) is 5.02 Å². The van der Waals surface area contributed by atoms with Crippen molar-refractivity contribution in [1.82, 2.24) is 9.88 Å². The number of nitrogens with one attached hydrogen (secondary N) is 1. The van der Waals surface area contributed by atoms with Crippen molar-refractivity contribution < 1.29 is 18.8 Å². The Morgan fingerprint density at radius 1 is 0.925 bits per heavy atom. The number of halogens is 2. The highest BCUT2D eigenvalue weighted by Crippen LogP contribution is 2.29. The largest absolute Gasteiger partial charge is 0.373 e. The molecule has 0 aliphatic heterocycles. The zero-order valence-corrected chi connectivity index (χ0v) is 23.1. The lowest BCUT2D eigenvalue weighted by Gasteiger charge is -2.16. The minimum atomic E-state index is -0.520. The first-order chi connectivity index (χ1) is 19.2. The summed E-state index contributed by atoms with van der Waals surface area (Å²) in [7, 11) is 0. The Labute approximate surface area is 237 Å². The molecule has 202 valence electrons. The van der Waals surface area contributed by atoms with E-state index in [1.807, 2.05) is 36.4 Å². The first-order valence-electron chi connectivity index (χ1n) is 12.7. The van der Waals surface area contributed by atoms with E-state index < -0.39 is 11.9 Å². The molecule has 7 heteroatoms. The summed E-state index contributed by atoms with van der Waals surface area (Å²) in [4.78, 5) is 29.3. The van der Waals surface area contributed by atoms with Gasteiger partial charge in [0.2, 0.25) is 0 Å². The van der Waals surface area contributed by atoms with Crippen LogP contribution in [0.25, 0.3) is 22.0 Å². The minimum Gasteiger partial charge on any atom is -0.345 e. The third-order valence-electron chi connectivity index (χ3n) is 7.10. The quantitative estimate of drug-likeness (QED) is 0.234. The van der Waals surface area contributed by atoms with Gasteiger partial charge in [-0.25, -0.2) is 4.39 Å². The number of carbonyl (C=O) groups excluding carboxylic acids is 3. The SMILES string of the molecule is Cc1c(C)n(Cc2ccc(-c3ccccc3)cc2)c2ccc(C(=O)N[C@@H](C)c3cccc(Cl)c3F)cc12.O=C=O. The van der Waals surface area contributed by atoms with Crippen molar-refractivity contribution in [1.29, 1.82) is 0 Å². The molecule has 0 aliphatic rings. The number of fused-ring (bicyclic) bond motifs is 1. The van der Waals surface area contributed by atoms with Crippen LogP contribution in [0.15, 0.2) is 91.0 Å². The second kappa shape index (κ2) is 12.6. The zero-order valence-electron chi connectivity index (χ0n) is 22.4. The molecular weight excluding hydrogens is 527 g/mol. The first kappa shape index (κ1) is 28.5. The molecule has 4 aromatic carbocycles. The molecule has 1 N–H and O–H groups in total. The normalized spacial score (nSPS) is 11.3. The molecule has 1 atom stereocenters. The van der Waals surface area contributed by atoms with Crippen LogP contribution in [0.3, 0.4) is 0 Å². The number of carbonyl (C=O) groups is 1. The second-order valence-electron chi connectivity index (χ2n) is 9.51. The molecule has 0 radical (unpaired) electrons. The van der Waals surface area contributed by atoms with Gasteiger partial charge in [-0.15, -0.1) is 0 Å². The van der Waals surface area contributed by atoms with Crippen molar-refractivity contribution in [3.8, 4) is 11.1 Å². The molecule has 1 amide bonds. The molecule has 5 aromatic rings. The molecular formula is C33H28ClFN2O3.